The van der Waals surface area contributed by atoms with Crippen LogP contribution in [0.1, 0.15) is 51.1 Å². The van der Waals surface area contributed by atoms with Crippen molar-refractivity contribution in [3.63, 3.8) is 0 Å². The molecule has 0 amide bonds. The van der Waals surface area contributed by atoms with Gasteiger partial charge in [0.25, 0.3) is 0 Å². The summed E-state index contributed by atoms with van der Waals surface area (Å²) in [7, 11) is -3.45. The van der Waals surface area contributed by atoms with E-state index in [0.717, 1.165) is 18.4 Å². The molecule has 1 aromatic carbocycles. The van der Waals surface area contributed by atoms with Gasteiger partial charge in [-0.1, -0.05) is 31.9 Å². The fourth-order valence-electron chi connectivity index (χ4n) is 2.38. The van der Waals surface area contributed by atoms with E-state index in [9.17, 15) is 8.42 Å². The van der Waals surface area contributed by atoms with Gasteiger partial charge in [-0.3, -0.25) is 0 Å². The van der Waals surface area contributed by atoms with Crippen LogP contribution in [0.15, 0.2) is 29.2 Å². The van der Waals surface area contributed by atoms with Crippen LogP contribution in [0.5, 0.6) is 0 Å². The third-order valence-electron chi connectivity index (χ3n) is 3.78. The van der Waals surface area contributed by atoms with Crippen LogP contribution >= 0.6 is 0 Å². The standard InChI is InChI=1S/C15H24N2O2S/c1-3-15(16)13-5-4-6-14(10-13)20(18,19)17-11(2)9-12-7-8-12/h4-6,10-12,15,17H,3,7-9,16H2,1-2H3. The summed E-state index contributed by atoms with van der Waals surface area (Å²) in [6.45, 7) is 3.92. The summed E-state index contributed by atoms with van der Waals surface area (Å²) in [6, 6.07) is 6.80. The molecule has 0 aromatic heterocycles. The number of nitrogens with two attached hydrogens (primary N) is 1. The quantitative estimate of drug-likeness (QED) is 0.812. The second-order valence-electron chi connectivity index (χ2n) is 5.79. The topological polar surface area (TPSA) is 72.2 Å². The highest BCUT2D eigenvalue weighted by Crippen LogP contribution is 2.33. The molecule has 0 saturated heterocycles. The third-order valence-corrected chi connectivity index (χ3v) is 5.36. The van der Waals surface area contributed by atoms with Crippen LogP contribution in [0.25, 0.3) is 0 Å². The highest BCUT2D eigenvalue weighted by Gasteiger charge is 2.26. The van der Waals surface area contributed by atoms with Gasteiger partial charge in [-0.25, -0.2) is 13.1 Å². The molecule has 0 bridgehead atoms. The first-order valence-corrected chi connectivity index (χ1v) is 8.78. The zero-order valence-electron chi connectivity index (χ0n) is 12.2. The van der Waals surface area contributed by atoms with Gasteiger partial charge >= 0.3 is 0 Å². The molecule has 0 aliphatic heterocycles. The second-order valence-corrected chi connectivity index (χ2v) is 7.50. The van der Waals surface area contributed by atoms with Crippen LogP contribution in [0.3, 0.4) is 0 Å². The molecule has 2 atom stereocenters. The van der Waals surface area contributed by atoms with Crippen molar-refractivity contribution in [3.05, 3.63) is 29.8 Å². The molecule has 20 heavy (non-hydrogen) atoms. The number of benzene rings is 1. The Hall–Kier alpha value is -0.910. The van der Waals surface area contributed by atoms with Crippen molar-refractivity contribution in [3.8, 4) is 0 Å². The fourth-order valence-corrected chi connectivity index (χ4v) is 3.69. The lowest BCUT2D eigenvalue weighted by molar-refractivity contribution is 0.529. The first-order valence-electron chi connectivity index (χ1n) is 7.30. The van der Waals surface area contributed by atoms with Crippen LogP contribution < -0.4 is 10.5 Å². The Morgan fingerprint density at radius 1 is 1.40 bits per heavy atom. The lowest BCUT2D eigenvalue weighted by Crippen LogP contribution is -2.33. The molecule has 1 aliphatic rings. The molecule has 3 N–H and O–H groups in total. The van der Waals surface area contributed by atoms with Gasteiger partial charge in [0.2, 0.25) is 10.0 Å². The number of rotatable bonds is 7. The average Bonchev–Trinajstić information content (AvgIpc) is 3.21. The first-order chi connectivity index (χ1) is 9.42. The smallest absolute Gasteiger partial charge is 0.240 e. The molecule has 2 rings (SSSR count). The predicted molar refractivity (Wildman–Crippen MR) is 80.8 cm³/mol. The Kier molecular flexibility index (Phi) is 4.83. The van der Waals surface area contributed by atoms with Crippen molar-refractivity contribution in [2.75, 3.05) is 0 Å². The molecule has 0 spiro atoms. The van der Waals surface area contributed by atoms with E-state index >= 15 is 0 Å². The Morgan fingerprint density at radius 3 is 2.70 bits per heavy atom. The molecule has 1 saturated carbocycles. The van der Waals surface area contributed by atoms with Crippen LogP contribution in [-0.4, -0.2) is 14.5 Å². The van der Waals surface area contributed by atoms with Crippen molar-refractivity contribution in [2.24, 2.45) is 11.7 Å². The minimum Gasteiger partial charge on any atom is -0.324 e. The lowest BCUT2D eigenvalue weighted by atomic mass is 10.1. The normalized spacial score (nSPS) is 18.8. The van der Waals surface area contributed by atoms with E-state index in [0.29, 0.717) is 10.8 Å². The van der Waals surface area contributed by atoms with E-state index in [4.69, 9.17) is 5.73 Å². The van der Waals surface area contributed by atoms with Gasteiger partial charge in [-0.2, -0.15) is 0 Å². The SMILES string of the molecule is CCC(N)c1cccc(S(=O)(=O)NC(C)CC2CC2)c1. The zero-order chi connectivity index (χ0) is 14.8. The number of hydrogen-bond donors (Lipinski definition) is 2. The van der Waals surface area contributed by atoms with Crippen molar-refractivity contribution >= 4 is 10.0 Å². The Morgan fingerprint density at radius 2 is 2.10 bits per heavy atom. The molecular formula is C15H24N2O2S. The number of hydrogen-bond acceptors (Lipinski definition) is 3. The Bertz CT molecular complexity index is 553. The summed E-state index contributed by atoms with van der Waals surface area (Å²) < 4.78 is 27.5. The van der Waals surface area contributed by atoms with Gasteiger partial charge in [-0.15, -0.1) is 0 Å². The maximum atomic E-state index is 12.4. The monoisotopic (exact) mass is 296 g/mol. The molecule has 0 radical (unpaired) electrons. The molecule has 112 valence electrons. The van der Waals surface area contributed by atoms with Gasteiger partial charge in [0.1, 0.15) is 0 Å². The highest BCUT2D eigenvalue weighted by molar-refractivity contribution is 7.89. The summed E-state index contributed by atoms with van der Waals surface area (Å²) in [5.74, 6) is 0.701. The maximum Gasteiger partial charge on any atom is 0.240 e. The molecule has 4 nitrogen and oxygen atoms in total. The Labute approximate surface area is 121 Å². The van der Waals surface area contributed by atoms with Crippen LogP contribution in [-0.2, 0) is 10.0 Å². The fraction of sp³-hybridized carbons (Fsp3) is 0.600. The summed E-state index contributed by atoms with van der Waals surface area (Å²) in [4.78, 5) is 0.307. The van der Waals surface area contributed by atoms with E-state index in [2.05, 4.69) is 4.72 Å². The van der Waals surface area contributed by atoms with Gasteiger partial charge < -0.3 is 5.73 Å². The van der Waals surface area contributed by atoms with Gasteiger partial charge in [0.15, 0.2) is 0 Å². The molecule has 1 aliphatic carbocycles. The molecule has 1 fully saturated rings. The number of sulfonamides is 1. The van der Waals surface area contributed by atoms with Gasteiger partial charge in [0.05, 0.1) is 4.90 Å². The summed E-state index contributed by atoms with van der Waals surface area (Å²) in [6.07, 6.45) is 4.17. The summed E-state index contributed by atoms with van der Waals surface area (Å²) in [5.41, 5.74) is 6.83. The van der Waals surface area contributed by atoms with E-state index in [-0.39, 0.29) is 12.1 Å². The molecule has 1 aromatic rings. The van der Waals surface area contributed by atoms with Crippen molar-refractivity contribution in [2.45, 2.75) is 56.5 Å². The van der Waals surface area contributed by atoms with Crippen LogP contribution in [0.2, 0.25) is 0 Å². The second kappa shape index (κ2) is 6.24. The lowest BCUT2D eigenvalue weighted by Gasteiger charge is -2.15. The van der Waals surface area contributed by atoms with Crippen molar-refractivity contribution in [1.29, 1.82) is 0 Å². The predicted octanol–water partition coefficient (Wildman–Crippen LogP) is 2.56. The summed E-state index contributed by atoms with van der Waals surface area (Å²) in [5, 5.41) is 0. The third kappa shape index (κ3) is 4.04. The maximum absolute atomic E-state index is 12.4. The van der Waals surface area contributed by atoms with Crippen LogP contribution in [0.4, 0.5) is 0 Å². The zero-order valence-corrected chi connectivity index (χ0v) is 13.0. The molecule has 2 unspecified atom stereocenters. The molecule has 5 heteroatoms. The molecular weight excluding hydrogens is 272 g/mol. The van der Waals surface area contributed by atoms with E-state index in [1.54, 1.807) is 18.2 Å². The van der Waals surface area contributed by atoms with E-state index < -0.39 is 10.0 Å². The first kappa shape index (κ1) is 15.5. The number of nitrogens with one attached hydrogen (secondary N) is 1. The van der Waals surface area contributed by atoms with Crippen LogP contribution in [0, 0.1) is 5.92 Å². The highest BCUT2D eigenvalue weighted by atomic mass is 32.2. The average molecular weight is 296 g/mol. The minimum absolute atomic E-state index is 0.0176. The minimum atomic E-state index is -3.45. The van der Waals surface area contributed by atoms with Gasteiger partial charge in [-0.05, 0) is 43.4 Å². The summed E-state index contributed by atoms with van der Waals surface area (Å²) >= 11 is 0. The van der Waals surface area contributed by atoms with Crippen molar-refractivity contribution in [1.82, 2.24) is 4.72 Å². The molecule has 0 heterocycles. The van der Waals surface area contributed by atoms with Crippen molar-refractivity contribution < 1.29 is 8.42 Å². The Balaban J connectivity index is 2.11. The van der Waals surface area contributed by atoms with E-state index in [1.165, 1.54) is 12.8 Å². The van der Waals surface area contributed by atoms with E-state index in [1.807, 2.05) is 19.9 Å². The largest absolute Gasteiger partial charge is 0.324 e. The van der Waals surface area contributed by atoms with Gasteiger partial charge in [0, 0.05) is 12.1 Å².